The summed E-state index contributed by atoms with van der Waals surface area (Å²) in [4.78, 5) is 18.5. The molecule has 0 fully saturated rings. The van der Waals surface area contributed by atoms with E-state index in [2.05, 4.69) is 4.31 Å². The predicted molar refractivity (Wildman–Crippen MR) is 48.7 cm³/mol. The zero-order chi connectivity index (χ0) is 11.7. The first kappa shape index (κ1) is 18.6. The van der Waals surface area contributed by atoms with Crippen LogP contribution in [0.25, 0.3) is 0 Å². The monoisotopic (exact) mass is 452 g/mol. The molecule has 0 aromatic heterocycles. The van der Waals surface area contributed by atoms with Crippen LogP contribution in [-0.2, 0) is 47.7 Å². The summed E-state index contributed by atoms with van der Waals surface area (Å²) in [5, 5.41) is 8.54. The second-order valence-corrected chi connectivity index (χ2v) is 3.72. The van der Waals surface area contributed by atoms with Crippen LogP contribution in [0.15, 0.2) is 30.3 Å². The first-order valence-corrected chi connectivity index (χ1v) is 5.87. The predicted octanol–water partition coefficient (Wildman–Crippen LogP) is 0.215. The topological polar surface area (TPSA) is 110 Å². The van der Waals surface area contributed by atoms with Gasteiger partial charge in [-0.25, -0.2) is 0 Å². The van der Waals surface area contributed by atoms with Crippen molar-refractivity contribution >= 4 is 16.5 Å². The molecule has 0 aliphatic rings. The fraction of sp³-hybridized carbons (Fsp3) is 0.143. The summed E-state index contributed by atoms with van der Waals surface area (Å²) in [7, 11) is -6.47. The van der Waals surface area contributed by atoms with E-state index in [0.29, 0.717) is 0 Å². The van der Waals surface area contributed by atoms with Crippen LogP contribution in [-0.4, -0.2) is 5.11 Å². The van der Waals surface area contributed by atoms with E-state index >= 15 is 0 Å². The quantitative estimate of drug-likeness (QED) is 0.521. The van der Waals surface area contributed by atoms with Crippen molar-refractivity contribution in [2.24, 2.45) is 0 Å². The maximum atomic E-state index is 9.24. The summed E-state index contributed by atoms with van der Waals surface area (Å²) < 4.78 is 21.6. The maximum Gasteiger partial charge on any atom is 2.00 e. The van der Waals surface area contributed by atoms with Gasteiger partial charge in [0.1, 0.15) is 4.31 Å². The van der Waals surface area contributed by atoms with Crippen LogP contribution in [0.3, 0.4) is 0 Å². The molecule has 1 aromatic rings. The molecule has 9 heteroatoms. The van der Waals surface area contributed by atoms with Gasteiger partial charge in [-0.15, -0.1) is 0 Å². The third kappa shape index (κ3) is 12.3. The number of hydrogen-bond acceptors (Lipinski definition) is 6. The molecule has 0 heterocycles. The van der Waals surface area contributed by atoms with Crippen LogP contribution in [0, 0.1) is 0 Å². The minimum absolute atomic E-state index is 0. The van der Waals surface area contributed by atoms with E-state index in [1.807, 2.05) is 30.3 Å². The summed E-state index contributed by atoms with van der Waals surface area (Å²) >= 11 is 0. The molecule has 0 saturated heterocycles. The molecule has 0 saturated carbocycles. The SMILES string of the molecule is O=[P+]([O-])O[P+](=O)[O-].OCc1ccccc1.[Hg+2]. The van der Waals surface area contributed by atoms with Crippen LogP contribution in [0.5, 0.6) is 0 Å². The van der Waals surface area contributed by atoms with E-state index in [-0.39, 0.29) is 34.3 Å². The van der Waals surface area contributed by atoms with Crippen molar-refractivity contribution < 1.29 is 56.0 Å². The van der Waals surface area contributed by atoms with Gasteiger partial charge in [0.25, 0.3) is 0 Å². The van der Waals surface area contributed by atoms with Gasteiger partial charge in [-0.2, -0.15) is 0 Å². The molecule has 1 rings (SSSR count). The van der Waals surface area contributed by atoms with Gasteiger partial charge in [-0.3, -0.25) is 0 Å². The smallest absolute Gasteiger partial charge is 0.563 e. The third-order valence-electron chi connectivity index (χ3n) is 1.16. The van der Waals surface area contributed by atoms with Gasteiger partial charge >= 0.3 is 44.2 Å². The van der Waals surface area contributed by atoms with Gasteiger partial charge < -0.3 is 14.9 Å². The van der Waals surface area contributed by atoms with Crippen molar-refractivity contribution in [1.29, 1.82) is 0 Å². The Hall–Kier alpha value is 0.195. The van der Waals surface area contributed by atoms with Crippen LogP contribution in [0.2, 0.25) is 0 Å². The second kappa shape index (κ2) is 11.7. The van der Waals surface area contributed by atoms with E-state index in [1.165, 1.54) is 0 Å². The maximum absolute atomic E-state index is 9.24. The largest absolute Gasteiger partial charge is 2.00 e. The van der Waals surface area contributed by atoms with E-state index in [1.54, 1.807) is 0 Å². The molecule has 2 unspecified atom stereocenters. The first-order chi connectivity index (χ1) is 7.06. The number of benzene rings is 1. The average Bonchev–Trinajstić information content (AvgIpc) is 2.18. The van der Waals surface area contributed by atoms with Gasteiger partial charge in [0.2, 0.25) is 0 Å². The zero-order valence-electron chi connectivity index (χ0n) is 8.18. The van der Waals surface area contributed by atoms with Crippen molar-refractivity contribution in [2.75, 3.05) is 0 Å². The van der Waals surface area contributed by atoms with E-state index in [4.69, 9.17) is 5.11 Å². The Morgan fingerprint density at radius 1 is 1.12 bits per heavy atom. The Bertz CT molecular complexity index is 308. The molecule has 0 radical (unpaired) electrons. The Balaban J connectivity index is 0. The molecule has 0 spiro atoms. The van der Waals surface area contributed by atoms with Gasteiger partial charge in [0, 0.05) is 0 Å². The van der Waals surface area contributed by atoms with Crippen molar-refractivity contribution in [3.63, 3.8) is 0 Å². The summed E-state index contributed by atoms with van der Waals surface area (Å²) in [6.07, 6.45) is 0. The number of rotatable bonds is 3. The number of aliphatic hydroxyl groups excluding tert-OH is 1. The van der Waals surface area contributed by atoms with Crippen molar-refractivity contribution in [3.05, 3.63) is 35.9 Å². The molecule has 0 aliphatic carbocycles. The molecular formula is C7H8HgO6P2+2. The van der Waals surface area contributed by atoms with Gasteiger partial charge in [0.15, 0.2) is 0 Å². The molecule has 0 bridgehead atoms. The van der Waals surface area contributed by atoms with Crippen molar-refractivity contribution in [2.45, 2.75) is 6.61 Å². The van der Waals surface area contributed by atoms with Gasteiger partial charge in [0.05, 0.1) is 6.61 Å². The van der Waals surface area contributed by atoms with E-state index in [9.17, 15) is 18.9 Å². The van der Waals surface area contributed by atoms with Crippen LogP contribution in [0.1, 0.15) is 5.56 Å². The summed E-state index contributed by atoms with van der Waals surface area (Å²) in [6, 6.07) is 9.52. The van der Waals surface area contributed by atoms with Crippen LogP contribution < -0.4 is 9.79 Å². The molecular weight excluding hydrogens is 443 g/mol. The molecule has 6 nitrogen and oxygen atoms in total. The standard InChI is InChI=1S/C7H8O.Hg.O5P2/c8-6-7-4-2-1-3-5-7;;1-6(2)5-7(3)4/h1-5,8H,6H2;;/q;+2;. The van der Waals surface area contributed by atoms with Gasteiger partial charge in [-0.05, 0) is 14.7 Å². The molecule has 1 N–H and O–H groups in total. The molecule has 0 aliphatic heterocycles. The summed E-state index contributed by atoms with van der Waals surface area (Å²) in [5.41, 5.74) is 0.965. The molecule has 1 aromatic carbocycles. The Labute approximate surface area is 115 Å². The van der Waals surface area contributed by atoms with Crippen LogP contribution >= 0.6 is 16.5 Å². The molecule has 0 amide bonds. The van der Waals surface area contributed by atoms with E-state index < -0.39 is 16.5 Å². The third-order valence-corrected chi connectivity index (χ3v) is 2.23. The normalized spacial score (nSPS) is 10.4. The zero-order valence-corrected chi connectivity index (χ0v) is 15.5. The Kier molecular flexibility index (Phi) is 13.5. The second-order valence-electron chi connectivity index (χ2n) is 2.17. The molecule has 2 atom stereocenters. The molecule has 82 valence electrons. The fourth-order valence-electron chi connectivity index (χ4n) is 0.638. The first-order valence-electron chi connectivity index (χ1n) is 3.68. The molecule has 16 heavy (non-hydrogen) atoms. The Morgan fingerprint density at radius 2 is 1.56 bits per heavy atom. The number of aliphatic hydroxyl groups is 1. The number of hydrogen-bond donors (Lipinski definition) is 1. The fourth-order valence-corrected chi connectivity index (χ4v) is 1.07. The summed E-state index contributed by atoms with van der Waals surface area (Å²) in [6.45, 7) is 0.140. The van der Waals surface area contributed by atoms with E-state index in [0.717, 1.165) is 5.56 Å². The van der Waals surface area contributed by atoms with Crippen LogP contribution in [0.4, 0.5) is 0 Å². The Morgan fingerprint density at radius 3 is 1.75 bits per heavy atom. The van der Waals surface area contributed by atoms with Crippen molar-refractivity contribution in [1.82, 2.24) is 0 Å². The minimum atomic E-state index is -3.24. The summed E-state index contributed by atoms with van der Waals surface area (Å²) in [5.74, 6) is 0. The van der Waals surface area contributed by atoms with Crippen molar-refractivity contribution in [3.8, 4) is 0 Å². The average molecular weight is 451 g/mol. The minimum Gasteiger partial charge on any atom is -0.563 e. The van der Waals surface area contributed by atoms with Gasteiger partial charge in [-0.1, -0.05) is 30.3 Å².